The molecule has 13 heavy (non-hydrogen) atoms. The van der Waals surface area contributed by atoms with E-state index in [0.717, 1.165) is 11.3 Å². The van der Waals surface area contributed by atoms with Crippen LogP contribution >= 0.6 is 0 Å². The molecule has 0 aliphatic carbocycles. The fourth-order valence-electron chi connectivity index (χ4n) is 1.36. The molecule has 2 aromatic rings. The van der Waals surface area contributed by atoms with Gasteiger partial charge < -0.3 is 4.84 Å². The number of rotatable bonds is 2. The first kappa shape index (κ1) is 7.92. The second-order valence-corrected chi connectivity index (χ2v) is 2.77. The van der Waals surface area contributed by atoms with Gasteiger partial charge >= 0.3 is 0 Å². The lowest BCUT2D eigenvalue weighted by Crippen LogP contribution is -2.04. The van der Waals surface area contributed by atoms with Crippen LogP contribution in [0.5, 0.6) is 0 Å². The summed E-state index contributed by atoms with van der Waals surface area (Å²) in [5.41, 5.74) is 2.23. The monoisotopic (exact) mass is 173 g/mol. The van der Waals surface area contributed by atoms with Crippen molar-refractivity contribution in [2.24, 2.45) is 0 Å². The molecule has 0 unspecified atom stereocenters. The van der Waals surface area contributed by atoms with Crippen molar-refractivity contribution in [3.05, 3.63) is 48.7 Å². The van der Waals surface area contributed by atoms with Crippen molar-refractivity contribution < 1.29 is 4.84 Å². The predicted octanol–water partition coefficient (Wildman–Crippen LogP) is 2.21. The Morgan fingerprint density at radius 3 is 2.46 bits per heavy atom. The second kappa shape index (κ2) is 3.35. The average Bonchev–Trinajstić information content (AvgIpc) is 2.67. The highest BCUT2D eigenvalue weighted by Gasteiger charge is 2.01. The van der Waals surface area contributed by atoms with Crippen LogP contribution in [-0.4, -0.2) is 11.8 Å². The van der Waals surface area contributed by atoms with Crippen LogP contribution in [0.2, 0.25) is 0 Å². The molecule has 2 nitrogen and oxygen atoms in total. The Bertz CT molecular complexity index is 378. The first-order valence-electron chi connectivity index (χ1n) is 4.19. The Balaban J connectivity index is 2.47. The van der Waals surface area contributed by atoms with Crippen LogP contribution in [0, 0.1) is 0 Å². The van der Waals surface area contributed by atoms with Crippen LogP contribution in [0.25, 0.3) is 11.3 Å². The molecule has 0 aliphatic heterocycles. The number of aromatic nitrogens is 1. The minimum absolute atomic E-state index is 1.07. The van der Waals surface area contributed by atoms with Crippen LogP contribution in [0.4, 0.5) is 0 Å². The Morgan fingerprint density at radius 2 is 1.77 bits per heavy atom. The van der Waals surface area contributed by atoms with Gasteiger partial charge in [0.2, 0.25) is 0 Å². The largest absolute Gasteiger partial charge is 0.417 e. The molecule has 1 aromatic heterocycles. The van der Waals surface area contributed by atoms with E-state index in [1.54, 1.807) is 11.8 Å². The highest BCUT2D eigenvalue weighted by atomic mass is 16.6. The molecule has 0 N–H and O–H groups in total. The lowest BCUT2D eigenvalue weighted by molar-refractivity contribution is 0.172. The van der Waals surface area contributed by atoms with E-state index < -0.39 is 0 Å². The fraction of sp³-hybridized carbons (Fsp3) is 0.0909. The lowest BCUT2D eigenvalue weighted by Gasteiger charge is -2.05. The van der Waals surface area contributed by atoms with Gasteiger partial charge in [-0.1, -0.05) is 30.3 Å². The van der Waals surface area contributed by atoms with Gasteiger partial charge in [-0.05, 0) is 12.1 Å². The third-order valence-corrected chi connectivity index (χ3v) is 1.98. The zero-order valence-electron chi connectivity index (χ0n) is 7.47. The summed E-state index contributed by atoms with van der Waals surface area (Å²) < 4.78 is 1.75. The zero-order valence-corrected chi connectivity index (χ0v) is 7.47. The van der Waals surface area contributed by atoms with Gasteiger partial charge in [-0.15, -0.1) is 0 Å². The molecule has 1 heterocycles. The third kappa shape index (κ3) is 1.43. The molecular weight excluding hydrogens is 162 g/mol. The summed E-state index contributed by atoms with van der Waals surface area (Å²) >= 11 is 0. The number of benzene rings is 1. The summed E-state index contributed by atoms with van der Waals surface area (Å²) in [6.45, 7) is 0. The quantitative estimate of drug-likeness (QED) is 0.679. The van der Waals surface area contributed by atoms with Crippen molar-refractivity contribution in [1.29, 1.82) is 0 Å². The van der Waals surface area contributed by atoms with Crippen LogP contribution in [0.3, 0.4) is 0 Å². The Labute approximate surface area is 77.3 Å². The minimum Gasteiger partial charge on any atom is -0.417 e. The van der Waals surface area contributed by atoms with E-state index in [0.29, 0.717) is 0 Å². The number of hydrogen-bond acceptors (Lipinski definition) is 1. The van der Waals surface area contributed by atoms with E-state index in [-0.39, 0.29) is 0 Å². The summed E-state index contributed by atoms with van der Waals surface area (Å²) in [5.74, 6) is 0. The number of hydrogen-bond donors (Lipinski definition) is 0. The Morgan fingerprint density at radius 1 is 1.00 bits per heavy atom. The van der Waals surface area contributed by atoms with Crippen molar-refractivity contribution >= 4 is 0 Å². The van der Waals surface area contributed by atoms with Crippen molar-refractivity contribution in [2.45, 2.75) is 0 Å². The van der Waals surface area contributed by atoms with Gasteiger partial charge in [0.05, 0.1) is 5.69 Å². The molecule has 0 amide bonds. The summed E-state index contributed by atoms with van der Waals surface area (Å²) in [6.07, 6.45) is 1.89. The van der Waals surface area contributed by atoms with Crippen LogP contribution < -0.4 is 4.84 Å². The van der Waals surface area contributed by atoms with Gasteiger partial charge in [-0.2, -0.15) is 4.73 Å². The highest BCUT2D eigenvalue weighted by Crippen LogP contribution is 2.17. The summed E-state index contributed by atoms with van der Waals surface area (Å²) in [6, 6.07) is 14.1. The van der Waals surface area contributed by atoms with E-state index in [1.165, 1.54) is 0 Å². The highest BCUT2D eigenvalue weighted by molar-refractivity contribution is 5.59. The molecule has 0 saturated carbocycles. The Kier molecular flexibility index (Phi) is 2.04. The van der Waals surface area contributed by atoms with Gasteiger partial charge in [0.1, 0.15) is 7.11 Å². The molecular formula is C11H11NO. The van der Waals surface area contributed by atoms with E-state index in [2.05, 4.69) is 12.1 Å². The second-order valence-electron chi connectivity index (χ2n) is 2.77. The maximum absolute atomic E-state index is 5.16. The first-order valence-corrected chi connectivity index (χ1v) is 4.19. The van der Waals surface area contributed by atoms with Gasteiger partial charge in [0, 0.05) is 11.8 Å². The molecule has 0 atom stereocenters. The topological polar surface area (TPSA) is 14.2 Å². The van der Waals surface area contributed by atoms with E-state index in [1.807, 2.05) is 36.5 Å². The summed E-state index contributed by atoms with van der Waals surface area (Å²) in [4.78, 5) is 5.16. The maximum Gasteiger partial charge on any atom is 0.104 e. The van der Waals surface area contributed by atoms with Crippen molar-refractivity contribution in [2.75, 3.05) is 7.11 Å². The summed E-state index contributed by atoms with van der Waals surface area (Å²) in [5, 5.41) is 0. The van der Waals surface area contributed by atoms with Gasteiger partial charge in [0.15, 0.2) is 0 Å². The van der Waals surface area contributed by atoms with E-state index in [9.17, 15) is 0 Å². The standard InChI is InChI=1S/C11H11NO/c1-13-12-9-5-8-11(12)10-6-3-2-4-7-10/h2-9H,1H3. The number of nitrogens with zero attached hydrogens (tertiary/aromatic N) is 1. The van der Waals surface area contributed by atoms with Crippen molar-refractivity contribution in [3.8, 4) is 11.3 Å². The van der Waals surface area contributed by atoms with Crippen LogP contribution in [0.1, 0.15) is 0 Å². The maximum atomic E-state index is 5.16. The molecule has 0 fully saturated rings. The molecule has 0 aliphatic rings. The minimum atomic E-state index is 1.07. The molecule has 0 saturated heterocycles. The SMILES string of the molecule is COn1cccc1-c1ccccc1. The first-order chi connectivity index (χ1) is 6.42. The van der Waals surface area contributed by atoms with Gasteiger partial charge in [-0.3, -0.25) is 0 Å². The van der Waals surface area contributed by atoms with Crippen LogP contribution in [-0.2, 0) is 0 Å². The predicted molar refractivity (Wildman–Crippen MR) is 52.4 cm³/mol. The normalized spacial score (nSPS) is 9.92. The molecule has 0 spiro atoms. The third-order valence-electron chi connectivity index (χ3n) is 1.98. The Hall–Kier alpha value is -1.70. The zero-order chi connectivity index (χ0) is 9.10. The van der Waals surface area contributed by atoms with E-state index in [4.69, 9.17) is 4.84 Å². The molecule has 2 rings (SSSR count). The molecule has 1 aromatic carbocycles. The lowest BCUT2D eigenvalue weighted by atomic mass is 10.2. The van der Waals surface area contributed by atoms with Crippen molar-refractivity contribution in [3.63, 3.8) is 0 Å². The van der Waals surface area contributed by atoms with Crippen molar-refractivity contribution in [1.82, 2.24) is 4.73 Å². The smallest absolute Gasteiger partial charge is 0.104 e. The average molecular weight is 173 g/mol. The summed E-state index contributed by atoms with van der Waals surface area (Å²) in [7, 11) is 1.66. The molecule has 2 heteroatoms. The molecule has 0 bridgehead atoms. The van der Waals surface area contributed by atoms with Crippen LogP contribution in [0.15, 0.2) is 48.7 Å². The van der Waals surface area contributed by atoms with Gasteiger partial charge in [-0.25, -0.2) is 0 Å². The molecule has 66 valence electrons. The van der Waals surface area contributed by atoms with Gasteiger partial charge in [0.25, 0.3) is 0 Å². The van der Waals surface area contributed by atoms with E-state index >= 15 is 0 Å². The molecule has 0 radical (unpaired) electrons. The fourth-order valence-corrected chi connectivity index (χ4v) is 1.36.